The summed E-state index contributed by atoms with van der Waals surface area (Å²) in [7, 11) is -5.10. The molecule has 0 aliphatic carbocycles. The number of imide groups is 1. The van der Waals surface area contributed by atoms with Gasteiger partial charge in [-0.3, -0.25) is 24.1 Å². The van der Waals surface area contributed by atoms with Crippen molar-refractivity contribution >= 4 is 27.7 Å². The minimum atomic E-state index is -5.10. The number of Topliss-reactive ketones (excluding diaryl/α,β-unsaturated/α-hetero) is 1. The van der Waals surface area contributed by atoms with Gasteiger partial charge in [0, 0.05) is 0 Å². The largest absolute Gasteiger partial charge is 0.298 e. The molecule has 2 amide bonds. The molecule has 0 bridgehead atoms. The maximum atomic E-state index is 11.2. The van der Waals surface area contributed by atoms with Crippen molar-refractivity contribution in [2.24, 2.45) is 0 Å². The van der Waals surface area contributed by atoms with Crippen molar-refractivity contribution in [3.8, 4) is 0 Å². The van der Waals surface area contributed by atoms with Crippen LogP contribution in [-0.2, 0) is 24.5 Å². The van der Waals surface area contributed by atoms with E-state index in [9.17, 15) is 22.8 Å². The quantitative estimate of drug-likeness (QED) is 0.255. The molecule has 1 heterocycles. The van der Waals surface area contributed by atoms with E-state index in [1.165, 1.54) is 0 Å². The van der Waals surface area contributed by atoms with Gasteiger partial charge in [-0.15, -0.1) is 0 Å². The van der Waals surface area contributed by atoms with E-state index in [2.05, 4.69) is 0 Å². The molecule has 0 spiro atoms. The lowest BCUT2D eigenvalue weighted by atomic mass is 10.0. The van der Waals surface area contributed by atoms with Crippen LogP contribution < -0.4 is 0 Å². The fourth-order valence-corrected chi connectivity index (χ4v) is 2.28. The molecule has 2 N–H and O–H groups in total. The van der Waals surface area contributed by atoms with Gasteiger partial charge in [-0.05, 0) is 6.92 Å². The molecular weight excluding hydrogens is 230 g/mol. The third kappa shape index (κ3) is 1.35. The molecule has 0 aromatic carbocycles. The highest BCUT2D eigenvalue weighted by molar-refractivity contribution is 7.89. The molecule has 0 aromatic heterocycles. The molecule has 1 atom stereocenters. The zero-order valence-corrected chi connectivity index (χ0v) is 8.31. The average molecular weight is 237 g/mol. The van der Waals surface area contributed by atoms with Crippen LogP contribution in [0, 0.1) is 0 Å². The predicted molar refractivity (Wildman–Crippen MR) is 43.2 cm³/mol. The van der Waals surface area contributed by atoms with Gasteiger partial charge >= 0.3 is 0 Å². The van der Waals surface area contributed by atoms with Crippen LogP contribution in [0.3, 0.4) is 0 Å². The highest BCUT2D eigenvalue weighted by atomic mass is 32.2. The van der Waals surface area contributed by atoms with Gasteiger partial charge < -0.3 is 0 Å². The zero-order valence-electron chi connectivity index (χ0n) is 7.50. The maximum Gasteiger partial charge on any atom is 0.287 e. The molecule has 15 heavy (non-hydrogen) atoms. The summed E-state index contributed by atoms with van der Waals surface area (Å²) in [4.78, 5) is 33.2. The van der Waals surface area contributed by atoms with E-state index >= 15 is 0 Å². The summed E-state index contributed by atoms with van der Waals surface area (Å²) < 4.78 is 27.7. The second-order valence-electron chi connectivity index (χ2n) is 3.05. The number of nitrogens with zero attached hydrogens (tertiary/aromatic N) is 1. The first-order valence-electron chi connectivity index (χ1n) is 3.69. The molecule has 1 rings (SSSR count). The Hall–Kier alpha value is -1.32. The Balaban J connectivity index is 3.48. The first-order chi connectivity index (χ1) is 6.64. The average Bonchev–Trinajstić information content (AvgIpc) is 2.29. The molecule has 1 fully saturated rings. The molecular formula is C6H7NO7S. The number of hydrogen-bond donors (Lipinski definition) is 2. The standard InChI is InChI=1S/C6H7NO7S/c1-3(8)6(15(12,13)14)2-4(9)7(11)5(6)10/h11H,2H2,1H3,(H,12,13,14). The van der Waals surface area contributed by atoms with Gasteiger partial charge in [-0.2, -0.15) is 13.5 Å². The summed E-state index contributed by atoms with van der Waals surface area (Å²) in [5, 5.41) is 8.34. The van der Waals surface area contributed by atoms with Crippen molar-refractivity contribution in [3.63, 3.8) is 0 Å². The number of carbonyl (C=O) groups is 3. The molecule has 0 radical (unpaired) electrons. The van der Waals surface area contributed by atoms with Gasteiger partial charge in [0.1, 0.15) is 0 Å². The summed E-state index contributed by atoms with van der Waals surface area (Å²) in [6.07, 6.45) is -1.09. The molecule has 0 aromatic rings. The van der Waals surface area contributed by atoms with Gasteiger partial charge in [0.05, 0.1) is 6.42 Å². The van der Waals surface area contributed by atoms with Crippen LogP contribution in [0.2, 0.25) is 0 Å². The monoisotopic (exact) mass is 237 g/mol. The van der Waals surface area contributed by atoms with Crippen LogP contribution in [0.1, 0.15) is 13.3 Å². The fourth-order valence-electron chi connectivity index (χ4n) is 1.31. The molecule has 1 aliphatic heterocycles. The third-order valence-electron chi connectivity index (χ3n) is 2.18. The summed E-state index contributed by atoms with van der Waals surface area (Å²) in [5.41, 5.74) is 0. The van der Waals surface area contributed by atoms with Crippen LogP contribution in [0.5, 0.6) is 0 Å². The first-order valence-corrected chi connectivity index (χ1v) is 5.13. The Morgan fingerprint density at radius 1 is 1.47 bits per heavy atom. The molecule has 9 heteroatoms. The van der Waals surface area contributed by atoms with Crippen LogP contribution in [0.25, 0.3) is 0 Å². The van der Waals surface area contributed by atoms with Crippen molar-refractivity contribution in [2.75, 3.05) is 0 Å². The van der Waals surface area contributed by atoms with E-state index in [0.717, 1.165) is 6.92 Å². The van der Waals surface area contributed by atoms with E-state index in [4.69, 9.17) is 9.76 Å². The maximum absolute atomic E-state index is 11.2. The topological polar surface area (TPSA) is 129 Å². The molecule has 8 nitrogen and oxygen atoms in total. The Bertz CT molecular complexity index is 452. The minimum Gasteiger partial charge on any atom is -0.298 e. The molecule has 0 saturated carbocycles. The van der Waals surface area contributed by atoms with Crippen molar-refractivity contribution in [2.45, 2.75) is 18.1 Å². The number of amides is 2. The van der Waals surface area contributed by atoms with E-state index in [1.807, 2.05) is 0 Å². The SMILES string of the molecule is CC(=O)C1(S(=O)(=O)O)CC(=O)N(O)C1=O. The highest BCUT2D eigenvalue weighted by Crippen LogP contribution is 2.31. The first kappa shape index (κ1) is 11.8. The minimum absolute atomic E-state index is 0.477. The zero-order chi connectivity index (χ0) is 12.0. The van der Waals surface area contributed by atoms with E-state index in [1.54, 1.807) is 0 Å². The Kier molecular flexibility index (Phi) is 2.42. The second-order valence-corrected chi connectivity index (χ2v) is 4.69. The van der Waals surface area contributed by atoms with E-state index < -0.39 is 43.9 Å². The molecule has 84 valence electrons. The van der Waals surface area contributed by atoms with E-state index in [0.29, 0.717) is 0 Å². The predicted octanol–water partition coefficient (Wildman–Crippen LogP) is -1.65. The number of carbonyl (C=O) groups excluding carboxylic acids is 3. The van der Waals surface area contributed by atoms with Gasteiger partial charge in [-0.25, -0.2) is 0 Å². The summed E-state index contributed by atoms with van der Waals surface area (Å²) >= 11 is 0. The lowest BCUT2D eigenvalue weighted by Gasteiger charge is -2.17. The van der Waals surface area contributed by atoms with Crippen LogP contribution in [-0.4, -0.2) is 45.6 Å². The number of ketones is 1. The van der Waals surface area contributed by atoms with Gasteiger partial charge in [-0.1, -0.05) is 0 Å². The normalized spacial score (nSPS) is 27.3. The highest BCUT2D eigenvalue weighted by Gasteiger charge is 2.64. The third-order valence-corrected chi connectivity index (χ3v) is 3.67. The summed E-state index contributed by atoms with van der Waals surface area (Å²) in [5.74, 6) is -4.13. The lowest BCUT2D eigenvalue weighted by Crippen LogP contribution is -2.51. The second kappa shape index (κ2) is 3.08. The van der Waals surface area contributed by atoms with Crippen molar-refractivity contribution < 1.29 is 32.6 Å². The molecule has 1 saturated heterocycles. The number of rotatable bonds is 2. The summed E-state index contributed by atoms with van der Waals surface area (Å²) in [6.45, 7) is 0.734. The number of hydroxylamine groups is 2. The lowest BCUT2D eigenvalue weighted by molar-refractivity contribution is -0.171. The van der Waals surface area contributed by atoms with Gasteiger partial charge in [0.2, 0.25) is 4.75 Å². The molecule has 1 unspecified atom stereocenters. The van der Waals surface area contributed by atoms with Gasteiger partial charge in [0.25, 0.3) is 21.9 Å². The Labute approximate surface area is 84.2 Å². The summed E-state index contributed by atoms with van der Waals surface area (Å²) in [6, 6.07) is 0. The van der Waals surface area contributed by atoms with Gasteiger partial charge in [0.15, 0.2) is 5.78 Å². The van der Waals surface area contributed by atoms with Crippen molar-refractivity contribution in [3.05, 3.63) is 0 Å². The smallest absolute Gasteiger partial charge is 0.287 e. The fraction of sp³-hybridized carbons (Fsp3) is 0.500. The Morgan fingerprint density at radius 2 is 1.93 bits per heavy atom. The van der Waals surface area contributed by atoms with E-state index in [-0.39, 0.29) is 0 Å². The van der Waals surface area contributed by atoms with Crippen molar-refractivity contribution in [1.29, 1.82) is 0 Å². The van der Waals surface area contributed by atoms with Crippen LogP contribution in [0.15, 0.2) is 0 Å². The van der Waals surface area contributed by atoms with Crippen LogP contribution in [0.4, 0.5) is 0 Å². The Morgan fingerprint density at radius 3 is 2.07 bits per heavy atom. The number of hydrogen-bond acceptors (Lipinski definition) is 6. The van der Waals surface area contributed by atoms with Crippen LogP contribution >= 0.6 is 0 Å². The van der Waals surface area contributed by atoms with Crippen molar-refractivity contribution in [1.82, 2.24) is 5.06 Å². The molecule has 1 aliphatic rings.